The van der Waals surface area contributed by atoms with Crippen LogP contribution in [0.5, 0.6) is 0 Å². The third kappa shape index (κ3) is 4.65. The standard InChI is InChI=1S/C5H10O2.C4H6O2/c1-2-5(3-6)4-7-5;1-3(2)4(5)6/h6H,2-4H2,1H3;1H2,2H3,(H,5,6). The van der Waals surface area contributed by atoms with E-state index in [1.165, 1.54) is 6.92 Å². The zero-order valence-corrected chi connectivity index (χ0v) is 8.04. The molecule has 0 radical (unpaired) electrons. The number of aliphatic carboxylic acids is 1. The molecule has 0 spiro atoms. The molecular weight excluding hydrogens is 172 g/mol. The van der Waals surface area contributed by atoms with Crippen LogP contribution in [0.1, 0.15) is 20.3 Å². The van der Waals surface area contributed by atoms with E-state index in [1.54, 1.807) is 0 Å². The lowest BCUT2D eigenvalue weighted by molar-refractivity contribution is -0.132. The predicted octanol–water partition coefficient (Wildman–Crippen LogP) is 0.805. The zero-order valence-electron chi connectivity index (χ0n) is 8.04. The van der Waals surface area contributed by atoms with Crippen LogP contribution in [0, 0.1) is 0 Å². The maximum absolute atomic E-state index is 9.60. The van der Waals surface area contributed by atoms with Crippen LogP contribution in [0.4, 0.5) is 0 Å². The fourth-order valence-corrected chi connectivity index (χ4v) is 0.509. The number of aliphatic hydroxyl groups is 1. The number of ether oxygens (including phenoxy) is 1. The summed E-state index contributed by atoms with van der Waals surface area (Å²) < 4.78 is 4.94. The highest BCUT2D eigenvalue weighted by molar-refractivity contribution is 5.84. The van der Waals surface area contributed by atoms with E-state index < -0.39 is 5.97 Å². The van der Waals surface area contributed by atoms with Gasteiger partial charge in [0.2, 0.25) is 0 Å². The summed E-state index contributed by atoms with van der Waals surface area (Å²) in [4.78, 5) is 9.60. The van der Waals surface area contributed by atoms with Crippen LogP contribution in [0.15, 0.2) is 12.2 Å². The Balaban J connectivity index is 0.000000226. The summed E-state index contributed by atoms with van der Waals surface area (Å²) in [6.45, 7) is 7.55. The molecule has 0 bridgehead atoms. The van der Waals surface area contributed by atoms with Crippen molar-refractivity contribution in [1.82, 2.24) is 0 Å². The van der Waals surface area contributed by atoms with Gasteiger partial charge in [0.05, 0.1) is 13.2 Å². The van der Waals surface area contributed by atoms with Gasteiger partial charge in [-0.15, -0.1) is 0 Å². The minimum absolute atomic E-state index is 0.111. The molecule has 1 atom stereocenters. The lowest BCUT2D eigenvalue weighted by atomic mass is 10.1. The second-order valence-electron chi connectivity index (χ2n) is 3.07. The fraction of sp³-hybridized carbons (Fsp3) is 0.667. The Morgan fingerprint density at radius 2 is 2.08 bits per heavy atom. The minimum Gasteiger partial charge on any atom is -0.478 e. The average molecular weight is 188 g/mol. The summed E-state index contributed by atoms with van der Waals surface area (Å²) in [5, 5.41) is 16.4. The molecule has 1 aliphatic heterocycles. The van der Waals surface area contributed by atoms with Gasteiger partial charge in [0.25, 0.3) is 0 Å². The summed E-state index contributed by atoms with van der Waals surface area (Å²) in [6.07, 6.45) is 0.934. The van der Waals surface area contributed by atoms with E-state index in [-0.39, 0.29) is 17.8 Å². The summed E-state index contributed by atoms with van der Waals surface area (Å²) in [7, 11) is 0. The van der Waals surface area contributed by atoms with Gasteiger partial charge < -0.3 is 14.9 Å². The average Bonchev–Trinajstić information content (AvgIpc) is 2.85. The Bertz CT molecular complexity index is 176. The quantitative estimate of drug-likeness (QED) is 0.508. The molecule has 0 amide bonds. The summed E-state index contributed by atoms with van der Waals surface area (Å²) >= 11 is 0. The van der Waals surface area contributed by atoms with Crippen molar-refractivity contribution in [3.8, 4) is 0 Å². The molecule has 13 heavy (non-hydrogen) atoms. The number of carboxylic acids is 1. The van der Waals surface area contributed by atoms with Crippen LogP contribution in [-0.4, -0.2) is 35.0 Å². The molecule has 1 rings (SSSR count). The molecule has 2 N–H and O–H groups in total. The zero-order chi connectivity index (χ0) is 10.5. The van der Waals surface area contributed by atoms with E-state index in [2.05, 4.69) is 6.58 Å². The maximum Gasteiger partial charge on any atom is 0.330 e. The van der Waals surface area contributed by atoms with Gasteiger partial charge in [-0.2, -0.15) is 0 Å². The number of hydrogen-bond donors (Lipinski definition) is 2. The second kappa shape index (κ2) is 4.99. The van der Waals surface area contributed by atoms with Crippen LogP contribution in [0.2, 0.25) is 0 Å². The number of epoxide rings is 1. The van der Waals surface area contributed by atoms with E-state index in [0.29, 0.717) is 0 Å². The third-order valence-electron chi connectivity index (χ3n) is 1.85. The molecule has 1 unspecified atom stereocenters. The molecule has 4 nitrogen and oxygen atoms in total. The number of carboxylic acid groups (broad SMARTS) is 1. The summed E-state index contributed by atoms with van der Waals surface area (Å²) in [5.41, 5.74) is 0.0648. The van der Waals surface area contributed by atoms with Gasteiger partial charge in [0.1, 0.15) is 5.60 Å². The number of rotatable bonds is 3. The van der Waals surface area contributed by atoms with Crippen molar-refractivity contribution in [2.75, 3.05) is 13.2 Å². The van der Waals surface area contributed by atoms with Crippen molar-refractivity contribution in [1.29, 1.82) is 0 Å². The van der Waals surface area contributed by atoms with Gasteiger partial charge in [0, 0.05) is 5.57 Å². The predicted molar refractivity (Wildman–Crippen MR) is 48.5 cm³/mol. The van der Waals surface area contributed by atoms with Crippen LogP contribution in [0.3, 0.4) is 0 Å². The highest BCUT2D eigenvalue weighted by atomic mass is 16.6. The Hall–Kier alpha value is -0.870. The Labute approximate surface area is 77.8 Å². The molecular formula is C9H16O4. The Kier molecular flexibility index (Phi) is 4.66. The van der Waals surface area contributed by atoms with E-state index in [0.717, 1.165) is 13.0 Å². The molecule has 76 valence electrons. The van der Waals surface area contributed by atoms with E-state index in [1.807, 2.05) is 6.92 Å². The first kappa shape index (κ1) is 12.1. The number of aliphatic hydroxyl groups excluding tert-OH is 1. The van der Waals surface area contributed by atoms with Crippen LogP contribution in [-0.2, 0) is 9.53 Å². The lowest BCUT2D eigenvalue weighted by Crippen LogP contribution is -2.13. The first-order chi connectivity index (χ1) is 5.97. The number of hydrogen-bond acceptors (Lipinski definition) is 3. The number of carbonyl (C=O) groups is 1. The van der Waals surface area contributed by atoms with E-state index >= 15 is 0 Å². The molecule has 1 aliphatic rings. The van der Waals surface area contributed by atoms with Crippen molar-refractivity contribution >= 4 is 5.97 Å². The topological polar surface area (TPSA) is 70.1 Å². The summed E-state index contributed by atoms with van der Waals surface area (Å²) in [5.74, 6) is -0.935. The molecule has 0 aromatic carbocycles. The van der Waals surface area contributed by atoms with Crippen molar-refractivity contribution < 1.29 is 19.7 Å². The highest BCUT2D eigenvalue weighted by Crippen LogP contribution is 2.28. The van der Waals surface area contributed by atoms with E-state index in [9.17, 15) is 4.79 Å². The van der Waals surface area contributed by atoms with E-state index in [4.69, 9.17) is 14.9 Å². The molecule has 0 aromatic rings. The summed E-state index contributed by atoms with van der Waals surface area (Å²) in [6, 6.07) is 0. The van der Waals surface area contributed by atoms with Gasteiger partial charge in [-0.3, -0.25) is 0 Å². The van der Waals surface area contributed by atoms with Gasteiger partial charge in [-0.1, -0.05) is 13.5 Å². The minimum atomic E-state index is -0.935. The Morgan fingerprint density at radius 3 is 2.08 bits per heavy atom. The van der Waals surface area contributed by atoms with Gasteiger partial charge >= 0.3 is 5.97 Å². The van der Waals surface area contributed by atoms with Crippen LogP contribution in [0.25, 0.3) is 0 Å². The monoisotopic (exact) mass is 188 g/mol. The molecule has 1 fully saturated rings. The van der Waals surface area contributed by atoms with Crippen molar-refractivity contribution in [3.05, 3.63) is 12.2 Å². The second-order valence-corrected chi connectivity index (χ2v) is 3.07. The Morgan fingerprint density at radius 1 is 1.69 bits per heavy atom. The van der Waals surface area contributed by atoms with Crippen molar-refractivity contribution in [2.24, 2.45) is 0 Å². The van der Waals surface area contributed by atoms with Gasteiger partial charge in [0.15, 0.2) is 0 Å². The molecule has 0 aromatic heterocycles. The molecule has 4 heteroatoms. The molecule has 1 saturated heterocycles. The molecule has 0 aliphatic carbocycles. The van der Waals surface area contributed by atoms with Crippen molar-refractivity contribution in [3.63, 3.8) is 0 Å². The first-order valence-electron chi connectivity index (χ1n) is 4.11. The van der Waals surface area contributed by atoms with Crippen molar-refractivity contribution in [2.45, 2.75) is 25.9 Å². The van der Waals surface area contributed by atoms with Crippen LogP contribution < -0.4 is 0 Å². The maximum atomic E-state index is 9.60. The van der Waals surface area contributed by atoms with Crippen LogP contribution >= 0.6 is 0 Å². The smallest absolute Gasteiger partial charge is 0.330 e. The first-order valence-corrected chi connectivity index (χ1v) is 4.11. The molecule has 1 heterocycles. The SMILES string of the molecule is C=C(C)C(=O)O.CCC1(CO)CO1. The molecule has 0 saturated carbocycles. The van der Waals surface area contributed by atoms with Gasteiger partial charge in [-0.25, -0.2) is 4.79 Å². The van der Waals surface area contributed by atoms with Gasteiger partial charge in [-0.05, 0) is 13.3 Å². The highest BCUT2D eigenvalue weighted by Gasteiger charge is 2.41. The largest absolute Gasteiger partial charge is 0.478 e. The normalized spacial score (nSPS) is 24.2. The lowest BCUT2D eigenvalue weighted by Gasteiger charge is -1.99. The fourth-order valence-electron chi connectivity index (χ4n) is 0.509. The third-order valence-corrected chi connectivity index (χ3v) is 1.85.